The molecule has 3 rings (SSSR count). The summed E-state index contributed by atoms with van der Waals surface area (Å²) >= 11 is 0. The summed E-state index contributed by atoms with van der Waals surface area (Å²) in [7, 11) is -1.09. The van der Waals surface area contributed by atoms with E-state index < -0.39 is 7.92 Å². The zero-order chi connectivity index (χ0) is 26.6. The first-order valence-corrected chi connectivity index (χ1v) is 13.1. The van der Waals surface area contributed by atoms with Gasteiger partial charge in [-0.15, -0.1) is 0 Å². The van der Waals surface area contributed by atoms with E-state index >= 15 is 0 Å². The van der Waals surface area contributed by atoms with E-state index in [0.717, 1.165) is 15.9 Å². The van der Waals surface area contributed by atoms with Crippen LogP contribution in [-0.2, 0) is 0 Å². The number of benzene rings is 3. The van der Waals surface area contributed by atoms with Crippen LogP contribution in [0.5, 0.6) is 0 Å². The Morgan fingerprint density at radius 1 is 0.486 bits per heavy atom. The molecule has 0 saturated heterocycles. The third kappa shape index (κ3) is 7.68. The maximum atomic E-state index is 12.3. The summed E-state index contributed by atoms with van der Waals surface area (Å²) in [5, 5.41) is 37.6. The maximum absolute atomic E-state index is 12.3. The molecule has 3 aromatic rings. The molecule has 37 heavy (non-hydrogen) atoms. The van der Waals surface area contributed by atoms with Crippen LogP contribution >= 0.6 is 7.92 Å². The van der Waals surface area contributed by atoms with E-state index in [4.69, 9.17) is 15.3 Å². The van der Waals surface area contributed by atoms with Crippen molar-refractivity contribution in [2.24, 2.45) is 0 Å². The van der Waals surface area contributed by atoms with Gasteiger partial charge in [-0.25, -0.2) is 0 Å². The van der Waals surface area contributed by atoms with E-state index in [0.29, 0.717) is 16.7 Å². The number of hydrogen-bond donors (Lipinski definition) is 6. The molecule has 194 valence electrons. The molecule has 0 aromatic heterocycles. The van der Waals surface area contributed by atoms with Crippen LogP contribution in [0.1, 0.15) is 31.1 Å². The van der Waals surface area contributed by atoms with E-state index in [1.165, 1.54) is 0 Å². The zero-order valence-electron chi connectivity index (χ0n) is 20.2. The van der Waals surface area contributed by atoms with Crippen LogP contribution in [0, 0.1) is 0 Å². The monoisotopic (exact) mass is 523 g/mol. The lowest BCUT2D eigenvalue weighted by atomic mass is 10.2. The molecule has 0 aliphatic carbocycles. The Bertz CT molecular complexity index is 1030. The molecule has 0 saturated carbocycles. The Morgan fingerprint density at radius 2 is 0.730 bits per heavy atom. The van der Waals surface area contributed by atoms with Crippen molar-refractivity contribution in [3.8, 4) is 0 Å². The van der Waals surface area contributed by atoms with Gasteiger partial charge in [-0.1, -0.05) is 36.4 Å². The molecule has 6 N–H and O–H groups in total. The zero-order valence-corrected chi connectivity index (χ0v) is 21.1. The number of nitrogens with one attached hydrogen (secondary N) is 3. The van der Waals surface area contributed by atoms with Gasteiger partial charge in [0.15, 0.2) is 0 Å². The van der Waals surface area contributed by atoms with Crippen molar-refractivity contribution < 1.29 is 29.7 Å². The fourth-order valence-electron chi connectivity index (χ4n) is 3.55. The van der Waals surface area contributed by atoms with Crippen LogP contribution in [0.25, 0.3) is 0 Å². The second-order valence-electron chi connectivity index (χ2n) is 7.91. The van der Waals surface area contributed by atoms with E-state index in [1.54, 1.807) is 36.4 Å². The number of amides is 3. The molecule has 9 nitrogen and oxygen atoms in total. The van der Waals surface area contributed by atoms with Crippen LogP contribution in [0.3, 0.4) is 0 Å². The van der Waals surface area contributed by atoms with Gasteiger partial charge in [0.25, 0.3) is 17.7 Å². The second-order valence-corrected chi connectivity index (χ2v) is 10.1. The van der Waals surface area contributed by atoms with Gasteiger partial charge in [-0.2, -0.15) is 0 Å². The van der Waals surface area contributed by atoms with Gasteiger partial charge >= 0.3 is 0 Å². The van der Waals surface area contributed by atoms with Gasteiger partial charge in [-0.3, -0.25) is 14.4 Å². The first-order chi connectivity index (χ1) is 18.0. The molecule has 0 heterocycles. The van der Waals surface area contributed by atoms with Crippen molar-refractivity contribution in [3.05, 3.63) is 89.5 Å². The Kier molecular flexibility index (Phi) is 10.7. The highest BCUT2D eigenvalue weighted by Gasteiger charge is 2.19. The molecule has 0 fully saturated rings. The van der Waals surface area contributed by atoms with Crippen LogP contribution in [0.4, 0.5) is 0 Å². The number of carbonyl (C=O) groups excluding carboxylic acids is 3. The van der Waals surface area contributed by atoms with E-state index in [-0.39, 0.29) is 57.2 Å². The smallest absolute Gasteiger partial charge is 0.251 e. The first kappa shape index (κ1) is 28.0. The topological polar surface area (TPSA) is 148 Å². The first-order valence-electron chi connectivity index (χ1n) is 11.8. The molecule has 3 amide bonds. The lowest BCUT2D eigenvalue weighted by Gasteiger charge is -2.20. The van der Waals surface area contributed by atoms with Gasteiger partial charge in [0.05, 0.1) is 19.8 Å². The molecule has 3 aromatic carbocycles. The summed E-state index contributed by atoms with van der Waals surface area (Å²) in [6.45, 7) is 0.0861. The van der Waals surface area contributed by atoms with Gasteiger partial charge in [0.2, 0.25) is 0 Å². The van der Waals surface area contributed by atoms with Crippen molar-refractivity contribution >= 4 is 41.6 Å². The second kappa shape index (κ2) is 14.2. The Labute approximate surface area is 216 Å². The minimum atomic E-state index is -1.09. The summed E-state index contributed by atoms with van der Waals surface area (Å²) < 4.78 is 0. The average molecular weight is 524 g/mol. The number of carbonyl (C=O) groups is 3. The molecule has 0 radical (unpaired) electrons. The summed E-state index contributed by atoms with van der Waals surface area (Å²) in [5.41, 5.74) is 1.41. The molecule has 0 aliphatic rings. The van der Waals surface area contributed by atoms with Crippen molar-refractivity contribution in [1.82, 2.24) is 16.0 Å². The molecule has 0 bridgehead atoms. The predicted octanol–water partition coefficient (Wildman–Crippen LogP) is -0.389. The van der Waals surface area contributed by atoms with E-state index in [1.807, 2.05) is 36.4 Å². The van der Waals surface area contributed by atoms with Crippen LogP contribution in [-0.4, -0.2) is 72.5 Å². The van der Waals surface area contributed by atoms with Crippen molar-refractivity contribution in [3.63, 3.8) is 0 Å². The number of aliphatic hydroxyl groups excluding tert-OH is 3. The largest absolute Gasteiger partial charge is 0.395 e. The Hall–Kier alpha value is -3.62. The SMILES string of the molecule is O=C(NCCO)c1ccc(P(c2ccc(C(=O)NCCO)cc2)c2ccc(C(=O)NCCO)cc2)cc1. The molecule has 0 spiro atoms. The van der Waals surface area contributed by atoms with Crippen molar-refractivity contribution in [2.75, 3.05) is 39.5 Å². The number of aliphatic hydroxyl groups is 3. The minimum Gasteiger partial charge on any atom is -0.395 e. The van der Waals surface area contributed by atoms with Crippen LogP contribution in [0.2, 0.25) is 0 Å². The summed E-state index contributed by atoms with van der Waals surface area (Å²) in [6, 6.07) is 21.6. The average Bonchev–Trinajstić information content (AvgIpc) is 2.94. The number of rotatable bonds is 12. The van der Waals surface area contributed by atoms with Gasteiger partial charge in [0, 0.05) is 36.3 Å². The van der Waals surface area contributed by atoms with Crippen molar-refractivity contribution in [1.29, 1.82) is 0 Å². The third-order valence-electron chi connectivity index (χ3n) is 5.36. The lowest BCUT2D eigenvalue weighted by Crippen LogP contribution is -2.28. The maximum Gasteiger partial charge on any atom is 0.251 e. The molecule has 0 unspecified atom stereocenters. The fraction of sp³-hybridized carbons (Fsp3) is 0.222. The fourth-order valence-corrected chi connectivity index (χ4v) is 5.78. The highest BCUT2D eigenvalue weighted by atomic mass is 31.1. The number of hydrogen-bond acceptors (Lipinski definition) is 6. The standard InChI is InChI=1S/C27H30N3O6P/c31-16-13-28-25(34)19-1-7-22(8-2-19)37(23-9-3-20(4-10-23)26(35)29-14-17-32)24-11-5-21(6-12-24)27(36)30-15-18-33/h1-12,31-33H,13-18H2,(H,28,34)(H,29,35)(H,30,36). The quantitative estimate of drug-likeness (QED) is 0.178. The third-order valence-corrected chi connectivity index (χ3v) is 7.80. The molecule has 0 aliphatic heterocycles. The van der Waals surface area contributed by atoms with Crippen molar-refractivity contribution in [2.45, 2.75) is 0 Å². The van der Waals surface area contributed by atoms with Gasteiger partial charge in [0.1, 0.15) is 0 Å². The van der Waals surface area contributed by atoms with Gasteiger partial charge in [-0.05, 0) is 60.2 Å². The normalized spacial score (nSPS) is 10.7. The molecule has 0 atom stereocenters. The Morgan fingerprint density at radius 3 is 0.946 bits per heavy atom. The minimum absolute atomic E-state index is 0.142. The predicted molar refractivity (Wildman–Crippen MR) is 143 cm³/mol. The molecular formula is C27H30N3O6P. The van der Waals surface area contributed by atoms with Gasteiger partial charge < -0.3 is 31.3 Å². The summed E-state index contributed by atoms with van der Waals surface area (Å²) in [5.74, 6) is -0.829. The highest BCUT2D eigenvalue weighted by molar-refractivity contribution is 7.79. The van der Waals surface area contributed by atoms with E-state index in [9.17, 15) is 14.4 Å². The molecular weight excluding hydrogens is 493 g/mol. The van der Waals surface area contributed by atoms with E-state index in [2.05, 4.69) is 16.0 Å². The van der Waals surface area contributed by atoms with Crippen LogP contribution in [0.15, 0.2) is 72.8 Å². The Balaban J connectivity index is 1.93. The molecule has 10 heteroatoms. The van der Waals surface area contributed by atoms with Crippen LogP contribution < -0.4 is 31.9 Å². The summed E-state index contributed by atoms with van der Waals surface area (Å²) in [4.78, 5) is 36.8. The highest BCUT2D eigenvalue weighted by Crippen LogP contribution is 2.33. The summed E-state index contributed by atoms with van der Waals surface area (Å²) in [6.07, 6.45) is 0. The lowest BCUT2D eigenvalue weighted by molar-refractivity contribution is 0.0937.